The maximum Gasteiger partial charge on any atom is 0.0305 e. The van der Waals surface area contributed by atoms with Crippen LogP contribution in [0.25, 0.3) is 0 Å². The number of halogens is 1. The Morgan fingerprint density at radius 2 is 2.06 bits per heavy atom. The van der Waals surface area contributed by atoms with E-state index in [9.17, 15) is 0 Å². The van der Waals surface area contributed by atoms with E-state index in [1.54, 1.807) is 0 Å². The summed E-state index contributed by atoms with van der Waals surface area (Å²) in [6, 6.07) is 9.41. The molecule has 0 amide bonds. The molecule has 1 nitrogen and oxygen atoms in total. The molecule has 0 heterocycles. The number of hydrogen-bond acceptors (Lipinski definition) is 2. The van der Waals surface area contributed by atoms with Crippen LogP contribution < -0.4 is 5.32 Å². The van der Waals surface area contributed by atoms with Gasteiger partial charge in [0.15, 0.2) is 0 Å². The summed E-state index contributed by atoms with van der Waals surface area (Å²) in [6.07, 6.45) is 3.34. The van der Waals surface area contributed by atoms with Gasteiger partial charge in [0.2, 0.25) is 0 Å². The fourth-order valence-corrected chi connectivity index (χ4v) is 3.12. The molecular formula is C13H20BrNS. The molecule has 1 rings (SSSR count). The van der Waals surface area contributed by atoms with Gasteiger partial charge in [-0.3, -0.25) is 0 Å². The fraction of sp³-hybridized carbons (Fsp3) is 0.538. The van der Waals surface area contributed by atoms with E-state index in [1.165, 1.54) is 22.2 Å². The summed E-state index contributed by atoms with van der Waals surface area (Å²) in [5.74, 6) is 1.17. The number of rotatable bonds is 6. The zero-order valence-electron chi connectivity index (χ0n) is 10.2. The minimum Gasteiger partial charge on any atom is -0.307 e. The van der Waals surface area contributed by atoms with Crippen molar-refractivity contribution in [3.8, 4) is 0 Å². The molecule has 0 bridgehead atoms. The fourth-order valence-electron chi connectivity index (χ4n) is 1.75. The second-order valence-corrected chi connectivity index (χ2v) is 5.74. The number of thioether (sulfide) groups is 1. The van der Waals surface area contributed by atoms with Gasteiger partial charge in [0.05, 0.1) is 0 Å². The van der Waals surface area contributed by atoms with Crippen LogP contribution in [0, 0.1) is 0 Å². The van der Waals surface area contributed by atoms with Crippen molar-refractivity contribution in [2.45, 2.75) is 32.4 Å². The summed E-state index contributed by atoms with van der Waals surface area (Å²) in [5, 5.41) is 3.67. The first-order valence-corrected chi connectivity index (χ1v) is 7.87. The summed E-state index contributed by atoms with van der Waals surface area (Å²) in [4.78, 5) is 0. The molecule has 2 atom stereocenters. The molecule has 0 fully saturated rings. The van der Waals surface area contributed by atoms with Crippen LogP contribution in [0.3, 0.4) is 0 Å². The van der Waals surface area contributed by atoms with Gasteiger partial charge in [0.1, 0.15) is 0 Å². The van der Waals surface area contributed by atoms with Gasteiger partial charge in [-0.15, -0.1) is 0 Å². The largest absolute Gasteiger partial charge is 0.307 e. The third-order valence-corrected chi connectivity index (χ3v) is 4.18. The molecule has 0 spiro atoms. The van der Waals surface area contributed by atoms with E-state index in [4.69, 9.17) is 0 Å². The van der Waals surface area contributed by atoms with Crippen LogP contribution in [0.4, 0.5) is 0 Å². The number of benzene rings is 1. The van der Waals surface area contributed by atoms with E-state index < -0.39 is 0 Å². The molecule has 0 radical (unpaired) electrons. The monoisotopic (exact) mass is 301 g/mol. The first-order valence-electron chi connectivity index (χ1n) is 5.68. The zero-order chi connectivity index (χ0) is 12.0. The van der Waals surface area contributed by atoms with Crippen molar-refractivity contribution in [2.75, 3.05) is 12.0 Å². The first kappa shape index (κ1) is 14.1. The van der Waals surface area contributed by atoms with Gasteiger partial charge in [-0.2, -0.15) is 11.8 Å². The van der Waals surface area contributed by atoms with Crippen LogP contribution >= 0.6 is 27.7 Å². The summed E-state index contributed by atoms with van der Waals surface area (Å²) < 4.78 is 1.19. The van der Waals surface area contributed by atoms with E-state index >= 15 is 0 Å². The predicted molar refractivity (Wildman–Crippen MR) is 78.2 cm³/mol. The molecule has 0 aliphatic carbocycles. The van der Waals surface area contributed by atoms with Crippen LogP contribution in [0.2, 0.25) is 0 Å². The Kier molecular flexibility index (Phi) is 6.47. The van der Waals surface area contributed by atoms with Crippen LogP contribution in [0.15, 0.2) is 28.7 Å². The molecular weight excluding hydrogens is 282 g/mol. The zero-order valence-corrected chi connectivity index (χ0v) is 12.6. The second-order valence-electron chi connectivity index (χ2n) is 3.97. The van der Waals surface area contributed by atoms with Gasteiger partial charge < -0.3 is 5.32 Å². The molecule has 3 heteroatoms. The van der Waals surface area contributed by atoms with E-state index in [0.717, 1.165) is 0 Å². The lowest BCUT2D eigenvalue weighted by molar-refractivity contribution is 0.474. The van der Waals surface area contributed by atoms with Crippen molar-refractivity contribution in [2.24, 2.45) is 0 Å². The highest BCUT2D eigenvalue weighted by atomic mass is 79.9. The Labute approximate surface area is 112 Å². The van der Waals surface area contributed by atoms with Gasteiger partial charge in [-0.05, 0) is 31.2 Å². The SMILES string of the molecule is CCC(CSC)NC(C)c1ccccc1Br. The summed E-state index contributed by atoms with van der Waals surface area (Å²) in [5.41, 5.74) is 1.34. The van der Waals surface area contributed by atoms with Crippen LogP contribution in [-0.2, 0) is 0 Å². The maximum atomic E-state index is 3.67. The minimum atomic E-state index is 0.396. The molecule has 0 saturated heterocycles. The lowest BCUT2D eigenvalue weighted by atomic mass is 10.1. The van der Waals surface area contributed by atoms with Crippen molar-refractivity contribution in [1.29, 1.82) is 0 Å². The van der Waals surface area contributed by atoms with Gasteiger partial charge in [-0.25, -0.2) is 0 Å². The van der Waals surface area contributed by atoms with Crippen molar-refractivity contribution in [3.05, 3.63) is 34.3 Å². The van der Waals surface area contributed by atoms with Crippen LogP contribution in [0.1, 0.15) is 31.9 Å². The molecule has 0 saturated carbocycles. The average molecular weight is 302 g/mol. The molecule has 0 aliphatic heterocycles. The standard InChI is InChI=1S/C13H20BrNS/c1-4-11(9-16-3)15-10(2)12-7-5-6-8-13(12)14/h5-8,10-11,15H,4,9H2,1-3H3. The minimum absolute atomic E-state index is 0.396. The van der Waals surface area contributed by atoms with Gasteiger partial charge >= 0.3 is 0 Å². The highest BCUT2D eigenvalue weighted by molar-refractivity contribution is 9.10. The molecule has 90 valence electrons. The Morgan fingerprint density at radius 1 is 1.38 bits per heavy atom. The number of nitrogens with one attached hydrogen (secondary N) is 1. The van der Waals surface area contributed by atoms with Crippen LogP contribution in [-0.4, -0.2) is 18.1 Å². The van der Waals surface area contributed by atoms with E-state index in [0.29, 0.717) is 12.1 Å². The van der Waals surface area contributed by atoms with Crippen LogP contribution in [0.5, 0.6) is 0 Å². The molecule has 0 aromatic heterocycles. The van der Waals surface area contributed by atoms with Gasteiger partial charge in [0.25, 0.3) is 0 Å². The Hall–Kier alpha value is 0.01000. The molecule has 1 N–H and O–H groups in total. The first-order chi connectivity index (χ1) is 7.69. The lowest BCUT2D eigenvalue weighted by Crippen LogP contribution is -2.33. The van der Waals surface area contributed by atoms with Gasteiger partial charge in [-0.1, -0.05) is 41.1 Å². The topological polar surface area (TPSA) is 12.0 Å². The van der Waals surface area contributed by atoms with Crippen molar-refractivity contribution in [1.82, 2.24) is 5.32 Å². The Bertz CT molecular complexity index is 317. The summed E-state index contributed by atoms with van der Waals surface area (Å²) in [7, 11) is 0. The van der Waals surface area contributed by atoms with Crippen molar-refractivity contribution >= 4 is 27.7 Å². The molecule has 2 unspecified atom stereocenters. The van der Waals surface area contributed by atoms with E-state index in [1.807, 2.05) is 11.8 Å². The predicted octanol–water partition coefficient (Wildman–Crippen LogP) is 4.24. The highest BCUT2D eigenvalue weighted by Gasteiger charge is 2.12. The molecule has 0 aliphatic rings. The summed E-state index contributed by atoms with van der Waals surface area (Å²) >= 11 is 5.50. The van der Waals surface area contributed by atoms with Crippen molar-refractivity contribution < 1.29 is 0 Å². The average Bonchev–Trinajstić information content (AvgIpc) is 2.28. The molecule has 16 heavy (non-hydrogen) atoms. The number of hydrogen-bond donors (Lipinski definition) is 1. The molecule has 1 aromatic rings. The normalized spacial score (nSPS) is 14.8. The van der Waals surface area contributed by atoms with E-state index in [2.05, 4.69) is 65.6 Å². The third kappa shape index (κ3) is 4.11. The van der Waals surface area contributed by atoms with Gasteiger partial charge in [0, 0.05) is 22.3 Å². The smallest absolute Gasteiger partial charge is 0.0305 e. The van der Waals surface area contributed by atoms with E-state index in [-0.39, 0.29) is 0 Å². The summed E-state index contributed by atoms with van der Waals surface area (Å²) in [6.45, 7) is 4.46. The molecule has 1 aromatic carbocycles. The Balaban J connectivity index is 2.64. The lowest BCUT2D eigenvalue weighted by Gasteiger charge is -2.22. The third-order valence-electron chi connectivity index (χ3n) is 2.72. The quantitative estimate of drug-likeness (QED) is 0.843. The Morgan fingerprint density at radius 3 is 2.62 bits per heavy atom. The maximum absolute atomic E-state index is 3.67. The second kappa shape index (κ2) is 7.36. The highest BCUT2D eigenvalue weighted by Crippen LogP contribution is 2.23. The van der Waals surface area contributed by atoms with Crippen molar-refractivity contribution in [3.63, 3.8) is 0 Å².